The molecule has 0 saturated heterocycles. The van der Waals surface area contributed by atoms with Crippen LogP contribution in [0.5, 0.6) is 0 Å². The molecule has 4 heteroatoms. The zero-order valence-electron chi connectivity index (χ0n) is 10.1. The number of fused-ring (bicyclic) bond motifs is 1. The van der Waals surface area contributed by atoms with Crippen LogP contribution in [0, 0.1) is 0 Å². The van der Waals surface area contributed by atoms with Crippen LogP contribution in [0.25, 0.3) is 6.20 Å². The Hall–Kier alpha value is -2.46. The van der Waals surface area contributed by atoms with Crippen LogP contribution in [0.4, 0.5) is 0 Å². The van der Waals surface area contributed by atoms with Gasteiger partial charge in [-0.2, -0.15) is 0 Å². The maximum absolute atomic E-state index is 11.6. The Morgan fingerprint density at radius 1 is 1.05 bits per heavy atom. The van der Waals surface area contributed by atoms with Gasteiger partial charge in [0.1, 0.15) is 0 Å². The molecule has 1 atom stereocenters. The molecule has 0 aromatic heterocycles. The second-order valence-electron chi connectivity index (χ2n) is 4.35. The molecule has 4 nitrogen and oxygen atoms in total. The highest BCUT2D eigenvalue weighted by atomic mass is 16.5. The molecule has 1 N–H and O–H groups in total. The maximum Gasteiger partial charge on any atom is 0.236 e. The monoisotopic (exact) mass is 252 g/mol. The summed E-state index contributed by atoms with van der Waals surface area (Å²) in [5.74, 6) is 0. The normalized spacial score (nSPS) is 21.0. The zero-order valence-corrected chi connectivity index (χ0v) is 10.1. The van der Waals surface area contributed by atoms with Gasteiger partial charge < -0.3 is 0 Å². The number of rotatable bonds is 2. The van der Waals surface area contributed by atoms with Crippen LogP contribution < -0.4 is 10.6 Å². The Morgan fingerprint density at radius 3 is 2.47 bits per heavy atom. The lowest BCUT2D eigenvalue weighted by molar-refractivity contribution is -0.144. The number of nitrogens with zero attached hydrogens (tertiary/aromatic N) is 2. The molecule has 0 fully saturated rings. The highest BCUT2D eigenvalue weighted by Crippen LogP contribution is 2.27. The highest BCUT2D eigenvalue weighted by molar-refractivity contribution is 5.69. The summed E-state index contributed by atoms with van der Waals surface area (Å²) < 4.78 is 0. The molecular weight excluding hydrogens is 240 g/mol. The van der Waals surface area contributed by atoms with E-state index in [1.165, 1.54) is 6.20 Å². The van der Waals surface area contributed by atoms with Gasteiger partial charge in [-0.1, -0.05) is 48.5 Å². The van der Waals surface area contributed by atoms with Gasteiger partial charge in [-0.15, -0.1) is 0 Å². The lowest BCUT2D eigenvalue weighted by Crippen LogP contribution is -2.49. The van der Waals surface area contributed by atoms with Crippen LogP contribution in [-0.4, -0.2) is 16.6 Å². The van der Waals surface area contributed by atoms with Gasteiger partial charge in [0, 0.05) is 17.0 Å². The number of para-hydroxylation sites is 1. The van der Waals surface area contributed by atoms with Gasteiger partial charge in [-0.25, -0.2) is 10.1 Å². The summed E-state index contributed by atoms with van der Waals surface area (Å²) in [5.41, 5.74) is -0.784. The number of aldehydes is 1. The Bertz CT molecular complexity index is 727. The highest BCUT2D eigenvalue weighted by Gasteiger charge is 2.37. The molecule has 1 heterocycles. The molecule has 3 rings (SSSR count). The average molecular weight is 252 g/mol. The van der Waals surface area contributed by atoms with Crippen molar-refractivity contribution < 1.29 is 10.0 Å². The van der Waals surface area contributed by atoms with Crippen LogP contribution in [-0.2, 0) is 10.5 Å². The van der Waals surface area contributed by atoms with Gasteiger partial charge in [0.2, 0.25) is 5.66 Å². The number of hydroxylamine groups is 2. The lowest BCUT2D eigenvalue weighted by Gasteiger charge is -2.33. The summed E-state index contributed by atoms with van der Waals surface area (Å²) in [6.07, 6.45) is 2.17. The molecule has 0 aliphatic carbocycles. The van der Waals surface area contributed by atoms with Gasteiger partial charge in [-0.05, 0) is 6.07 Å². The van der Waals surface area contributed by atoms with E-state index < -0.39 is 5.66 Å². The molecular formula is C15H12N2O2. The maximum atomic E-state index is 11.6. The predicted molar refractivity (Wildman–Crippen MR) is 69.5 cm³/mol. The number of carbonyl (C=O) groups is 1. The molecule has 0 saturated carbocycles. The van der Waals surface area contributed by atoms with E-state index in [-0.39, 0.29) is 0 Å². The molecule has 1 aliphatic heterocycles. The van der Waals surface area contributed by atoms with E-state index in [9.17, 15) is 10.0 Å². The summed E-state index contributed by atoms with van der Waals surface area (Å²) in [6, 6.07) is 16.4. The van der Waals surface area contributed by atoms with Gasteiger partial charge in [0.25, 0.3) is 0 Å². The molecule has 2 aromatic carbocycles. The summed E-state index contributed by atoms with van der Waals surface area (Å²) in [5, 5.41) is 12.5. The standard InChI is InChI=1S/C15H12N2O2/c18-11-15(13-7-2-1-3-8-13)16-14-9-5-4-6-12(14)10-17(15)19/h1-11,19H. The van der Waals surface area contributed by atoms with Gasteiger partial charge >= 0.3 is 0 Å². The van der Waals surface area contributed by atoms with Crippen molar-refractivity contribution in [3.05, 3.63) is 70.7 Å². The Morgan fingerprint density at radius 2 is 1.74 bits per heavy atom. The van der Waals surface area contributed by atoms with Crippen LogP contribution in [0.2, 0.25) is 0 Å². The van der Waals surface area contributed by atoms with E-state index in [1.807, 2.05) is 42.5 Å². The van der Waals surface area contributed by atoms with Crippen LogP contribution in [0.1, 0.15) is 5.56 Å². The lowest BCUT2D eigenvalue weighted by atomic mass is 10.00. The number of hydrogen-bond acceptors (Lipinski definition) is 4. The molecule has 0 bridgehead atoms. The van der Waals surface area contributed by atoms with Crippen LogP contribution >= 0.6 is 0 Å². The van der Waals surface area contributed by atoms with E-state index in [0.717, 1.165) is 10.3 Å². The smallest absolute Gasteiger partial charge is 0.236 e. The van der Waals surface area contributed by atoms with E-state index >= 15 is 0 Å². The minimum atomic E-state index is -1.41. The SMILES string of the molecule is O=CC1(c2ccccc2)N=c2ccccc2=CN1O. The van der Waals surface area contributed by atoms with Crippen LogP contribution in [0.3, 0.4) is 0 Å². The van der Waals surface area contributed by atoms with Crippen molar-refractivity contribution in [1.82, 2.24) is 5.06 Å². The Kier molecular flexibility index (Phi) is 2.65. The van der Waals surface area contributed by atoms with E-state index in [0.29, 0.717) is 17.2 Å². The average Bonchev–Trinajstić information content (AvgIpc) is 2.47. The third-order valence-corrected chi connectivity index (χ3v) is 3.20. The van der Waals surface area contributed by atoms with Gasteiger partial charge in [0.15, 0.2) is 6.29 Å². The fraction of sp³-hybridized carbons (Fsp3) is 0.0667. The van der Waals surface area contributed by atoms with Crippen molar-refractivity contribution in [2.24, 2.45) is 4.99 Å². The first-order valence-electron chi connectivity index (χ1n) is 5.93. The first kappa shape index (κ1) is 11.6. The molecule has 1 aliphatic rings. The van der Waals surface area contributed by atoms with Crippen LogP contribution in [0.15, 0.2) is 59.6 Å². The first-order valence-corrected chi connectivity index (χ1v) is 5.93. The topological polar surface area (TPSA) is 52.9 Å². The van der Waals surface area contributed by atoms with Crippen molar-refractivity contribution in [3.63, 3.8) is 0 Å². The third kappa shape index (κ3) is 1.73. The van der Waals surface area contributed by atoms with Gasteiger partial charge in [-0.3, -0.25) is 10.0 Å². The number of carbonyl (C=O) groups excluding carboxylic acids is 1. The second kappa shape index (κ2) is 4.33. The summed E-state index contributed by atoms with van der Waals surface area (Å²) >= 11 is 0. The molecule has 19 heavy (non-hydrogen) atoms. The minimum absolute atomic E-state index is 0.623. The van der Waals surface area contributed by atoms with Crippen molar-refractivity contribution in [3.8, 4) is 0 Å². The fourth-order valence-corrected chi connectivity index (χ4v) is 2.19. The van der Waals surface area contributed by atoms with Crippen molar-refractivity contribution in [2.45, 2.75) is 5.66 Å². The third-order valence-electron chi connectivity index (χ3n) is 3.20. The van der Waals surface area contributed by atoms with Crippen molar-refractivity contribution >= 4 is 12.5 Å². The first-order chi connectivity index (χ1) is 9.26. The second-order valence-corrected chi connectivity index (χ2v) is 4.35. The quantitative estimate of drug-likeness (QED) is 0.804. The largest absolute Gasteiger partial charge is 0.298 e. The molecule has 0 radical (unpaired) electrons. The summed E-state index contributed by atoms with van der Waals surface area (Å²) in [4.78, 5) is 16.0. The molecule has 94 valence electrons. The summed E-state index contributed by atoms with van der Waals surface area (Å²) in [6.45, 7) is 0. The fourth-order valence-electron chi connectivity index (χ4n) is 2.19. The molecule has 0 amide bonds. The van der Waals surface area contributed by atoms with Crippen molar-refractivity contribution in [1.29, 1.82) is 0 Å². The predicted octanol–water partition coefficient (Wildman–Crippen LogP) is 0.801. The Labute approximate surface area is 109 Å². The number of benzene rings is 2. The van der Waals surface area contributed by atoms with Gasteiger partial charge in [0.05, 0.1) is 5.36 Å². The van der Waals surface area contributed by atoms with E-state index in [1.54, 1.807) is 12.1 Å². The molecule has 1 unspecified atom stereocenters. The molecule has 2 aromatic rings. The van der Waals surface area contributed by atoms with E-state index in [2.05, 4.69) is 4.99 Å². The number of hydrogen-bond donors (Lipinski definition) is 1. The Balaban J connectivity index is 2.30. The summed E-state index contributed by atoms with van der Waals surface area (Å²) in [7, 11) is 0. The van der Waals surface area contributed by atoms with Crippen molar-refractivity contribution in [2.75, 3.05) is 0 Å². The van der Waals surface area contributed by atoms with E-state index in [4.69, 9.17) is 0 Å². The zero-order chi connectivity index (χ0) is 13.3. The minimum Gasteiger partial charge on any atom is -0.298 e. The molecule has 0 spiro atoms.